The maximum Gasteiger partial charge on any atom is 0.0569 e. The smallest absolute Gasteiger partial charge is 0.0569 e. The molecule has 0 spiro atoms. The molecule has 2 nitrogen and oxygen atoms in total. The van der Waals surface area contributed by atoms with Gasteiger partial charge in [-0.05, 0) is 45.1 Å². The highest BCUT2D eigenvalue weighted by molar-refractivity contribution is 4.95. The Morgan fingerprint density at radius 2 is 1.76 bits per heavy atom. The van der Waals surface area contributed by atoms with Crippen molar-refractivity contribution in [2.45, 2.75) is 82.9 Å². The molecule has 100 valence electrons. The molecule has 0 aromatic heterocycles. The van der Waals surface area contributed by atoms with Gasteiger partial charge in [-0.3, -0.25) is 0 Å². The summed E-state index contributed by atoms with van der Waals surface area (Å²) in [6, 6.07) is 1.54. The second-order valence-corrected chi connectivity index (χ2v) is 6.20. The average Bonchev–Trinajstić information content (AvgIpc) is 2.57. The van der Waals surface area contributed by atoms with Crippen molar-refractivity contribution in [1.82, 2.24) is 4.90 Å². The molecule has 3 atom stereocenters. The molecule has 0 amide bonds. The lowest BCUT2D eigenvalue weighted by Gasteiger charge is -2.38. The van der Waals surface area contributed by atoms with Crippen LogP contribution in [0.2, 0.25) is 0 Å². The lowest BCUT2D eigenvalue weighted by molar-refractivity contribution is 0.0304. The Morgan fingerprint density at radius 3 is 2.35 bits per heavy atom. The molecule has 2 rings (SSSR count). The van der Waals surface area contributed by atoms with E-state index >= 15 is 0 Å². The van der Waals surface area contributed by atoms with Crippen LogP contribution in [-0.2, 0) is 0 Å². The zero-order valence-electron chi connectivity index (χ0n) is 11.6. The van der Waals surface area contributed by atoms with Crippen LogP contribution in [0.4, 0.5) is 0 Å². The van der Waals surface area contributed by atoms with E-state index in [2.05, 4.69) is 18.9 Å². The largest absolute Gasteiger partial charge is 0.393 e. The number of rotatable bonds is 6. The fraction of sp³-hybridized carbons (Fsp3) is 1.00. The lowest BCUT2D eigenvalue weighted by atomic mass is 9.84. The van der Waals surface area contributed by atoms with Crippen molar-refractivity contribution < 1.29 is 5.11 Å². The normalized spacial score (nSPS) is 35.1. The highest BCUT2D eigenvalue weighted by atomic mass is 16.3. The van der Waals surface area contributed by atoms with Crippen molar-refractivity contribution in [2.24, 2.45) is 5.92 Å². The zero-order valence-corrected chi connectivity index (χ0v) is 11.6. The van der Waals surface area contributed by atoms with E-state index in [4.69, 9.17) is 0 Å². The number of piperidine rings is 1. The van der Waals surface area contributed by atoms with E-state index in [1.807, 2.05) is 0 Å². The van der Waals surface area contributed by atoms with Crippen molar-refractivity contribution in [2.75, 3.05) is 7.05 Å². The molecule has 0 radical (unpaired) electrons. The third-order valence-electron chi connectivity index (χ3n) is 5.03. The summed E-state index contributed by atoms with van der Waals surface area (Å²) in [7, 11) is 2.27. The summed E-state index contributed by atoms with van der Waals surface area (Å²) >= 11 is 0. The Bertz CT molecular complexity index is 217. The van der Waals surface area contributed by atoms with Crippen molar-refractivity contribution in [3.05, 3.63) is 0 Å². The Kier molecular flexibility index (Phi) is 4.87. The summed E-state index contributed by atoms with van der Waals surface area (Å²) in [5.74, 6) is 0.588. The standard InChI is InChI=1S/C15H29NO/c1-3-4-5-6-7-15(17)12-10-13-8-9-14(11-12)16(13)2/h12-15,17H,3-11H2,1-2H3. The number of hydrogen-bond donors (Lipinski definition) is 1. The molecule has 2 fully saturated rings. The lowest BCUT2D eigenvalue weighted by Crippen LogP contribution is -2.43. The zero-order chi connectivity index (χ0) is 12.3. The van der Waals surface area contributed by atoms with Gasteiger partial charge in [0.1, 0.15) is 0 Å². The van der Waals surface area contributed by atoms with Crippen LogP contribution in [0.1, 0.15) is 64.7 Å². The minimum absolute atomic E-state index is 0.0244. The van der Waals surface area contributed by atoms with Gasteiger partial charge in [0.25, 0.3) is 0 Å². The Hall–Kier alpha value is -0.0800. The monoisotopic (exact) mass is 239 g/mol. The molecule has 2 heterocycles. The van der Waals surface area contributed by atoms with Gasteiger partial charge in [0, 0.05) is 12.1 Å². The molecule has 2 aliphatic rings. The number of unbranched alkanes of at least 4 members (excludes halogenated alkanes) is 3. The van der Waals surface area contributed by atoms with Crippen LogP contribution in [0.25, 0.3) is 0 Å². The molecule has 2 saturated heterocycles. The molecule has 3 unspecified atom stereocenters. The Morgan fingerprint density at radius 1 is 1.12 bits per heavy atom. The fourth-order valence-corrected chi connectivity index (χ4v) is 3.78. The van der Waals surface area contributed by atoms with Crippen molar-refractivity contribution in [3.8, 4) is 0 Å². The van der Waals surface area contributed by atoms with Crippen LogP contribution in [0, 0.1) is 5.92 Å². The van der Waals surface area contributed by atoms with Gasteiger partial charge >= 0.3 is 0 Å². The highest BCUT2D eigenvalue weighted by Gasteiger charge is 2.40. The van der Waals surface area contributed by atoms with Crippen LogP contribution in [0.3, 0.4) is 0 Å². The van der Waals surface area contributed by atoms with Gasteiger partial charge in [0.2, 0.25) is 0 Å². The molecule has 2 bridgehead atoms. The molecule has 0 aromatic rings. The number of nitrogens with zero attached hydrogens (tertiary/aromatic N) is 1. The maximum atomic E-state index is 10.3. The van der Waals surface area contributed by atoms with Crippen LogP contribution in [-0.4, -0.2) is 35.2 Å². The maximum absolute atomic E-state index is 10.3. The van der Waals surface area contributed by atoms with Crippen molar-refractivity contribution in [1.29, 1.82) is 0 Å². The van der Waals surface area contributed by atoms with Crippen molar-refractivity contribution in [3.63, 3.8) is 0 Å². The number of fused-ring (bicyclic) bond motifs is 2. The first-order valence-corrected chi connectivity index (χ1v) is 7.62. The minimum Gasteiger partial charge on any atom is -0.393 e. The second kappa shape index (κ2) is 6.19. The van der Waals surface area contributed by atoms with Gasteiger partial charge in [0.15, 0.2) is 0 Å². The van der Waals surface area contributed by atoms with E-state index in [0.29, 0.717) is 5.92 Å². The average molecular weight is 239 g/mol. The number of aliphatic hydroxyl groups excluding tert-OH is 1. The summed E-state index contributed by atoms with van der Waals surface area (Å²) in [6.07, 6.45) is 11.3. The van der Waals surface area contributed by atoms with E-state index in [1.165, 1.54) is 51.4 Å². The second-order valence-electron chi connectivity index (χ2n) is 6.20. The van der Waals surface area contributed by atoms with Gasteiger partial charge in [-0.1, -0.05) is 32.6 Å². The minimum atomic E-state index is -0.0244. The first-order valence-electron chi connectivity index (χ1n) is 7.62. The van der Waals surface area contributed by atoms with Gasteiger partial charge in [-0.25, -0.2) is 0 Å². The first kappa shape index (κ1) is 13.4. The number of aliphatic hydroxyl groups is 1. The van der Waals surface area contributed by atoms with Crippen LogP contribution >= 0.6 is 0 Å². The molecule has 0 aromatic carbocycles. The predicted octanol–water partition coefficient (Wildman–Crippen LogP) is 3.19. The summed E-state index contributed by atoms with van der Waals surface area (Å²) in [6.45, 7) is 2.24. The van der Waals surface area contributed by atoms with Gasteiger partial charge in [-0.15, -0.1) is 0 Å². The first-order chi connectivity index (χ1) is 8.22. The van der Waals surface area contributed by atoms with E-state index < -0.39 is 0 Å². The number of hydrogen-bond acceptors (Lipinski definition) is 2. The molecule has 2 aliphatic heterocycles. The Labute approximate surface area is 106 Å². The van der Waals surface area contributed by atoms with Crippen molar-refractivity contribution >= 4 is 0 Å². The summed E-state index contributed by atoms with van der Waals surface area (Å²) in [5.41, 5.74) is 0. The SMILES string of the molecule is CCCCCCC(O)C1CC2CCC(C1)N2C. The summed E-state index contributed by atoms with van der Waals surface area (Å²) in [5, 5.41) is 10.3. The van der Waals surface area contributed by atoms with Crippen LogP contribution < -0.4 is 0 Å². The molecule has 1 N–H and O–H groups in total. The third kappa shape index (κ3) is 3.23. The summed E-state index contributed by atoms with van der Waals surface area (Å²) in [4.78, 5) is 2.56. The van der Waals surface area contributed by atoms with Gasteiger partial charge in [0.05, 0.1) is 6.10 Å². The molecule has 2 heteroatoms. The van der Waals surface area contributed by atoms with E-state index in [9.17, 15) is 5.11 Å². The quantitative estimate of drug-likeness (QED) is 0.720. The van der Waals surface area contributed by atoms with Gasteiger partial charge in [-0.2, -0.15) is 0 Å². The highest BCUT2D eigenvalue weighted by Crippen LogP contribution is 2.39. The van der Waals surface area contributed by atoms with E-state index in [-0.39, 0.29) is 6.10 Å². The Balaban J connectivity index is 1.72. The molecule has 0 aliphatic carbocycles. The third-order valence-corrected chi connectivity index (χ3v) is 5.03. The molecule has 0 saturated carbocycles. The predicted molar refractivity (Wildman–Crippen MR) is 72.1 cm³/mol. The van der Waals surface area contributed by atoms with E-state index in [1.54, 1.807) is 0 Å². The topological polar surface area (TPSA) is 23.5 Å². The van der Waals surface area contributed by atoms with Crippen LogP contribution in [0.5, 0.6) is 0 Å². The van der Waals surface area contributed by atoms with E-state index in [0.717, 1.165) is 18.5 Å². The fourth-order valence-electron chi connectivity index (χ4n) is 3.78. The molecule has 17 heavy (non-hydrogen) atoms. The molecular weight excluding hydrogens is 210 g/mol. The van der Waals surface area contributed by atoms with Gasteiger partial charge < -0.3 is 10.0 Å². The molecular formula is C15H29NO. The van der Waals surface area contributed by atoms with Crippen LogP contribution in [0.15, 0.2) is 0 Å². The summed E-state index contributed by atoms with van der Waals surface area (Å²) < 4.78 is 0.